The van der Waals surface area contributed by atoms with Crippen molar-refractivity contribution >= 4 is 11.7 Å². The van der Waals surface area contributed by atoms with Gasteiger partial charge in [-0.2, -0.15) is 0 Å². The Morgan fingerprint density at radius 2 is 2.04 bits per heavy atom. The van der Waals surface area contributed by atoms with Gasteiger partial charge in [-0.3, -0.25) is 4.90 Å². The van der Waals surface area contributed by atoms with E-state index in [1.165, 1.54) is 25.0 Å². The van der Waals surface area contributed by atoms with Gasteiger partial charge in [0.25, 0.3) is 0 Å². The molecule has 2 aliphatic rings. The molecule has 0 spiro atoms. The van der Waals surface area contributed by atoms with Gasteiger partial charge in [0.1, 0.15) is 6.61 Å². The van der Waals surface area contributed by atoms with Crippen LogP contribution in [0.3, 0.4) is 0 Å². The third-order valence-corrected chi connectivity index (χ3v) is 5.07. The number of carbonyl (C=O) groups is 1. The Balaban J connectivity index is 1.54. The van der Waals surface area contributed by atoms with Crippen molar-refractivity contribution in [3.05, 3.63) is 24.0 Å². The molecule has 6 nitrogen and oxygen atoms in total. The molecule has 144 valence electrons. The number of piperidine rings is 1. The quantitative estimate of drug-likeness (QED) is 0.788. The van der Waals surface area contributed by atoms with Crippen molar-refractivity contribution in [3.63, 3.8) is 0 Å². The van der Waals surface area contributed by atoms with Crippen molar-refractivity contribution in [2.24, 2.45) is 0 Å². The summed E-state index contributed by atoms with van der Waals surface area (Å²) in [4.78, 5) is 16.9. The van der Waals surface area contributed by atoms with E-state index in [0.29, 0.717) is 18.3 Å². The van der Waals surface area contributed by atoms with E-state index in [4.69, 9.17) is 9.47 Å². The zero-order valence-electron chi connectivity index (χ0n) is 15.4. The highest BCUT2D eigenvalue weighted by Crippen LogP contribution is 2.23. The summed E-state index contributed by atoms with van der Waals surface area (Å²) in [6.07, 6.45) is 4.66. The fourth-order valence-corrected chi connectivity index (χ4v) is 3.68. The first-order chi connectivity index (χ1) is 12.7. The molecule has 7 heteroatoms. The highest BCUT2D eigenvalue weighted by molar-refractivity contribution is 5.89. The lowest BCUT2D eigenvalue weighted by atomic mass is 10.0. The van der Waals surface area contributed by atoms with Crippen LogP contribution in [0.5, 0.6) is 5.75 Å². The highest BCUT2D eigenvalue weighted by Gasteiger charge is 2.29. The van der Waals surface area contributed by atoms with Crippen molar-refractivity contribution in [3.8, 4) is 5.75 Å². The number of anilines is 1. The fraction of sp³-hybridized carbons (Fsp3) is 0.632. The number of amides is 2. The summed E-state index contributed by atoms with van der Waals surface area (Å²) in [6.45, 7) is 4.44. The van der Waals surface area contributed by atoms with Gasteiger partial charge in [-0.1, -0.05) is 0 Å². The van der Waals surface area contributed by atoms with E-state index in [9.17, 15) is 9.18 Å². The molecule has 1 N–H and O–H groups in total. The lowest BCUT2D eigenvalue weighted by Crippen LogP contribution is -2.50. The number of benzene rings is 1. The predicted molar refractivity (Wildman–Crippen MR) is 98.2 cm³/mol. The van der Waals surface area contributed by atoms with E-state index < -0.39 is 5.82 Å². The first-order valence-corrected chi connectivity index (χ1v) is 9.38. The number of carbonyl (C=O) groups excluding carboxylic acids is 1. The van der Waals surface area contributed by atoms with Gasteiger partial charge in [0.2, 0.25) is 0 Å². The Kier molecular flexibility index (Phi) is 6.68. The topological polar surface area (TPSA) is 54.0 Å². The van der Waals surface area contributed by atoms with Gasteiger partial charge in [-0.25, -0.2) is 9.18 Å². The Bertz CT molecular complexity index is 608. The second kappa shape index (κ2) is 9.19. The summed E-state index contributed by atoms with van der Waals surface area (Å²) in [6, 6.07) is 4.77. The maximum absolute atomic E-state index is 14.1. The molecule has 0 aromatic heterocycles. The number of nitrogens with zero attached hydrogens (tertiary/aromatic N) is 2. The summed E-state index contributed by atoms with van der Waals surface area (Å²) < 4.78 is 24.3. The van der Waals surface area contributed by atoms with Gasteiger partial charge in [0, 0.05) is 38.0 Å². The number of rotatable bonds is 6. The summed E-state index contributed by atoms with van der Waals surface area (Å²) in [5, 5.41) is 2.81. The third-order valence-electron chi connectivity index (χ3n) is 5.07. The molecule has 0 saturated carbocycles. The molecule has 0 aliphatic carbocycles. The zero-order valence-corrected chi connectivity index (χ0v) is 15.4. The largest absolute Gasteiger partial charge is 0.488 e. The van der Waals surface area contributed by atoms with E-state index in [0.717, 1.165) is 39.0 Å². The normalized spacial score (nSPS) is 21.0. The number of urea groups is 1. The monoisotopic (exact) mass is 365 g/mol. The van der Waals surface area contributed by atoms with Crippen LogP contribution in [0.2, 0.25) is 0 Å². The molecule has 26 heavy (non-hydrogen) atoms. The molecule has 0 bridgehead atoms. The summed E-state index contributed by atoms with van der Waals surface area (Å²) in [5.41, 5.74) is 0.440. The van der Waals surface area contributed by atoms with Crippen LogP contribution in [0.15, 0.2) is 18.2 Å². The Labute approximate surface area is 154 Å². The molecule has 2 amide bonds. The number of ether oxygens (including phenoxy) is 2. The number of methoxy groups -OCH3 is 1. The molecular formula is C19H28FN3O3. The second-order valence-electron chi connectivity index (χ2n) is 6.90. The number of nitrogens with one attached hydrogen (secondary N) is 1. The van der Waals surface area contributed by atoms with Crippen LogP contribution in [0, 0.1) is 5.82 Å². The molecule has 2 aliphatic heterocycles. The van der Waals surface area contributed by atoms with E-state index in [-0.39, 0.29) is 18.4 Å². The molecular weight excluding hydrogens is 337 g/mol. The highest BCUT2D eigenvalue weighted by atomic mass is 19.1. The lowest BCUT2D eigenvalue weighted by Gasteiger charge is -2.37. The average Bonchev–Trinajstić information content (AvgIpc) is 3.18. The smallest absolute Gasteiger partial charge is 0.321 e. The summed E-state index contributed by atoms with van der Waals surface area (Å²) in [5.74, 6) is -0.334. The molecule has 2 heterocycles. The standard InChI is InChI=1S/C19H28FN3O3/c1-25-11-12-26-18-7-6-15(13-17(18)20)21-19(24)23-10-4-5-16(14-23)22-8-2-3-9-22/h6-7,13,16H,2-5,8-12,14H2,1H3,(H,21,24)/t16-/m0/s1. The van der Waals surface area contributed by atoms with Crippen LogP contribution in [0.4, 0.5) is 14.9 Å². The van der Waals surface area contributed by atoms with Gasteiger partial charge in [0.05, 0.1) is 6.61 Å². The Hall–Kier alpha value is -1.86. The maximum atomic E-state index is 14.1. The van der Waals surface area contributed by atoms with E-state index in [1.807, 2.05) is 4.90 Å². The van der Waals surface area contributed by atoms with Crippen LogP contribution in [0.25, 0.3) is 0 Å². The van der Waals surface area contributed by atoms with Crippen molar-refractivity contribution in [1.82, 2.24) is 9.80 Å². The van der Waals surface area contributed by atoms with Crippen LogP contribution >= 0.6 is 0 Å². The molecule has 3 rings (SSSR count). The van der Waals surface area contributed by atoms with Crippen LogP contribution in [0.1, 0.15) is 25.7 Å². The van der Waals surface area contributed by atoms with Crippen LogP contribution in [-0.4, -0.2) is 68.4 Å². The fourth-order valence-electron chi connectivity index (χ4n) is 3.68. The van der Waals surface area contributed by atoms with Crippen LogP contribution in [-0.2, 0) is 4.74 Å². The Morgan fingerprint density at radius 1 is 1.23 bits per heavy atom. The molecule has 1 aromatic rings. The minimum Gasteiger partial charge on any atom is -0.488 e. The van der Waals surface area contributed by atoms with Crippen molar-refractivity contribution in [2.75, 3.05) is 51.8 Å². The zero-order chi connectivity index (χ0) is 18.4. The molecule has 2 saturated heterocycles. The molecule has 0 radical (unpaired) electrons. The first kappa shape index (κ1) is 18.9. The van der Waals surface area contributed by atoms with Crippen molar-refractivity contribution < 1.29 is 18.7 Å². The van der Waals surface area contributed by atoms with Crippen molar-refractivity contribution in [2.45, 2.75) is 31.7 Å². The third kappa shape index (κ3) is 4.86. The van der Waals surface area contributed by atoms with Gasteiger partial charge in [0.15, 0.2) is 11.6 Å². The molecule has 1 aromatic carbocycles. The van der Waals surface area contributed by atoms with E-state index in [2.05, 4.69) is 10.2 Å². The molecule has 2 fully saturated rings. The van der Waals surface area contributed by atoms with Gasteiger partial charge >= 0.3 is 6.03 Å². The van der Waals surface area contributed by atoms with Crippen molar-refractivity contribution in [1.29, 1.82) is 0 Å². The number of likely N-dealkylation sites (tertiary alicyclic amines) is 2. The maximum Gasteiger partial charge on any atom is 0.321 e. The number of hydrogen-bond acceptors (Lipinski definition) is 4. The minimum absolute atomic E-state index is 0.159. The van der Waals surface area contributed by atoms with E-state index in [1.54, 1.807) is 13.2 Å². The minimum atomic E-state index is -0.493. The summed E-state index contributed by atoms with van der Waals surface area (Å²) in [7, 11) is 1.56. The average molecular weight is 365 g/mol. The number of halogens is 1. The second-order valence-corrected chi connectivity index (χ2v) is 6.90. The van der Waals surface area contributed by atoms with E-state index >= 15 is 0 Å². The first-order valence-electron chi connectivity index (χ1n) is 9.38. The number of hydrogen-bond donors (Lipinski definition) is 1. The Morgan fingerprint density at radius 3 is 2.77 bits per heavy atom. The molecule has 0 unspecified atom stereocenters. The SMILES string of the molecule is COCCOc1ccc(NC(=O)N2CCC[C@H](N3CCCC3)C2)cc1F. The van der Waals surface area contributed by atoms with Gasteiger partial charge < -0.3 is 19.7 Å². The lowest BCUT2D eigenvalue weighted by molar-refractivity contribution is 0.132. The van der Waals surface area contributed by atoms with Gasteiger partial charge in [-0.05, 0) is 50.9 Å². The van der Waals surface area contributed by atoms with Gasteiger partial charge in [-0.15, -0.1) is 0 Å². The predicted octanol–water partition coefficient (Wildman–Crippen LogP) is 2.94. The van der Waals surface area contributed by atoms with Crippen LogP contribution < -0.4 is 10.1 Å². The summed E-state index contributed by atoms with van der Waals surface area (Å²) >= 11 is 0. The molecule has 1 atom stereocenters.